The van der Waals surface area contributed by atoms with Gasteiger partial charge in [0.2, 0.25) is 0 Å². The van der Waals surface area contributed by atoms with Gasteiger partial charge in [-0.2, -0.15) is 0 Å². The lowest BCUT2D eigenvalue weighted by Crippen LogP contribution is -2.43. The van der Waals surface area contributed by atoms with Crippen molar-refractivity contribution in [2.24, 2.45) is 4.99 Å². The third kappa shape index (κ3) is 8.56. The molecule has 38 heavy (non-hydrogen) atoms. The highest BCUT2D eigenvalue weighted by Gasteiger charge is 2.44. The standard InChI is InChI=1S/C21H29N3O10P2.C2H6/c1-3-4-6-13(2)15-8-5-7-14(22-15)11-24-17(25)9-10-23(21(24)28)20-19(27)18(26)16(33-20)12-32-36(31)34-35(29)30;1-2/h3-4,6-7,9-10,16,18-20,26-27,29-31H,5,8,11-12H2,1-2H3;1-2H3/b4-3-,13-6+;. The van der Waals surface area contributed by atoms with Gasteiger partial charge in [-0.25, -0.2) is 9.11 Å². The van der Waals surface area contributed by atoms with E-state index in [0.29, 0.717) is 12.1 Å². The topological polar surface area (TPSA) is 185 Å². The first-order valence-corrected chi connectivity index (χ1v) is 14.3. The summed E-state index contributed by atoms with van der Waals surface area (Å²) in [5.41, 5.74) is 1.04. The number of allylic oxidation sites excluding steroid dienone is 6. The van der Waals surface area contributed by atoms with Crippen molar-refractivity contribution in [1.82, 2.24) is 9.13 Å². The van der Waals surface area contributed by atoms with Crippen molar-refractivity contribution in [2.45, 2.75) is 71.6 Å². The fourth-order valence-corrected chi connectivity index (χ4v) is 4.69. The average Bonchev–Trinajstić information content (AvgIpc) is 3.18. The summed E-state index contributed by atoms with van der Waals surface area (Å²) in [5, 5.41) is 20.8. The first-order valence-electron chi connectivity index (χ1n) is 12.0. The van der Waals surface area contributed by atoms with E-state index >= 15 is 0 Å². The van der Waals surface area contributed by atoms with Crippen molar-refractivity contribution in [3.05, 3.63) is 68.7 Å². The van der Waals surface area contributed by atoms with Gasteiger partial charge in [0.1, 0.15) is 18.3 Å². The zero-order chi connectivity index (χ0) is 28.4. The summed E-state index contributed by atoms with van der Waals surface area (Å²) in [5.74, 6) is 0. The molecule has 1 fully saturated rings. The fourth-order valence-electron chi connectivity index (χ4n) is 3.73. The van der Waals surface area contributed by atoms with Crippen molar-refractivity contribution >= 4 is 22.9 Å². The van der Waals surface area contributed by atoms with E-state index in [1.165, 1.54) is 0 Å². The molecule has 13 nitrogen and oxygen atoms in total. The van der Waals surface area contributed by atoms with Gasteiger partial charge in [0, 0.05) is 18.0 Å². The van der Waals surface area contributed by atoms with Crippen LogP contribution in [0.25, 0.3) is 0 Å². The van der Waals surface area contributed by atoms with Crippen LogP contribution in [0.15, 0.2) is 62.4 Å². The van der Waals surface area contributed by atoms with Gasteiger partial charge in [-0.1, -0.05) is 38.2 Å². The van der Waals surface area contributed by atoms with Crippen LogP contribution in [0.1, 0.15) is 46.8 Å². The Balaban J connectivity index is 0.00000247. The lowest BCUT2D eigenvalue weighted by atomic mass is 10.0. The monoisotopic (exact) mass is 575 g/mol. The molecule has 212 valence electrons. The maximum Gasteiger partial charge on any atom is 0.337 e. The fraction of sp³-hybridized carbons (Fsp3) is 0.522. The number of hydrogen-bond donors (Lipinski definition) is 5. The molecule has 0 amide bonds. The summed E-state index contributed by atoms with van der Waals surface area (Å²) in [6.07, 6.45) is 4.61. The molecule has 2 aliphatic heterocycles. The van der Waals surface area contributed by atoms with Crippen LogP contribution < -0.4 is 11.2 Å². The third-order valence-corrected chi connectivity index (χ3v) is 7.07. The van der Waals surface area contributed by atoms with Crippen molar-refractivity contribution < 1.29 is 38.5 Å². The number of ether oxygens (including phenoxy) is 1. The molecule has 2 aliphatic rings. The molecular formula is C23H35N3O10P2. The average molecular weight is 575 g/mol. The number of nitrogens with zero attached hydrogens (tertiary/aromatic N) is 3. The Labute approximate surface area is 222 Å². The van der Waals surface area contributed by atoms with E-state index in [4.69, 9.17) is 19.0 Å². The molecule has 1 aromatic rings. The van der Waals surface area contributed by atoms with Crippen LogP contribution in [0.3, 0.4) is 0 Å². The van der Waals surface area contributed by atoms with Gasteiger partial charge >= 0.3 is 22.9 Å². The van der Waals surface area contributed by atoms with Crippen molar-refractivity contribution in [3.8, 4) is 0 Å². The second-order valence-corrected chi connectivity index (χ2v) is 9.90. The van der Waals surface area contributed by atoms with Gasteiger partial charge in [0.15, 0.2) is 6.23 Å². The van der Waals surface area contributed by atoms with Crippen LogP contribution in [-0.4, -0.2) is 64.7 Å². The zero-order valence-corrected chi connectivity index (χ0v) is 23.4. The molecule has 0 spiro atoms. The van der Waals surface area contributed by atoms with Gasteiger partial charge in [0.25, 0.3) is 5.56 Å². The second-order valence-electron chi connectivity index (χ2n) is 8.01. The molecule has 0 bridgehead atoms. The van der Waals surface area contributed by atoms with Gasteiger partial charge < -0.3 is 34.2 Å². The summed E-state index contributed by atoms with van der Waals surface area (Å²) in [7, 11) is -5.51. The number of hydrogen-bond acceptors (Lipinski definition) is 11. The lowest BCUT2D eigenvalue weighted by molar-refractivity contribution is -0.0530. The molecule has 0 aromatic carbocycles. The predicted molar refractivity (Wildman–Crippen MR) is 143 cm³/mol. The van der Waals surface area contributed by atoms with E-state index in [1.54, 1.807) is 0 Å². The minimum Gasteiger partial charge on any atom is -0.387 e. The molecule has 5 unspecified atom stereocenters. The molecule has 3 heterocycles. The summed E-state index contributed by atoms with van der Waals surface area (Å²) in [6, 6.07) is 1.14. The maximum absolute atomic E-state index is 13.2. The number of aliphatic imine (C=N–C) groups is 1. The van der Waals surface area contributed by atoms with Crippen LogP contribution in [0.4, 0.5) is 0 Å². The van der Waals surface area contributed by atoms with Crippen LogP contribution >= 0.6 is 17.2 Å². The van der Waals surface area contributed by atoms with Gasteiger partial charge in [-0.3, -0.25) is 18.9 Å². The Bertz CT molecular complexity index is 1160. The Kier molecular flexibility index (Phi) is 13.3. The number of aromatic nitrogens is 2. The van der Waals surface area contributed by atoms with Crippen LogP contribution in [-0.2, 0) is 20.1 Å². The molecule has 3 rings (SSSR count). The predicted octanol–water partition coefficient (Wildman–Crippen LogP) is 1.76. The van der Waals surface area contributed by atoms with Gasteiger partial charge in [-0.05, 0) is 32.3 Å². The summed E-state index contributed by atoms with van der Waals surface area (Å²) in [6.45, 7) is 7.28. The Morgan fingerprint density at radius 3 is 2.61 bits per heavy atom. The minimum absolute atomic E-state index is 0.0890. The van der Waals surface area contributed by atoms with Crippen LogP contribution in [0.5, 0.6) is 0 Å². The van der Waals surface area contributed by atoms with Crippen LogP contribution in [0.2, 0.25) is 0 Å². The second kappa shape index (κ2) is 15.6. The lowest BCUT2D eigenvalue weighted by Gasteiger charge is -2.19. The Morgan fingerprint density at radius 1 is 1.24 bits per heavy atom. The largest absolute Gasteiger partial charge is 0.387 e. The molecular weight excluding hydrogens is 540 g/mol. The van der Waals surface area contributed by atoms with Crippen LogP contribution in [0, 0.1) is 0 Å². The molecule has 1 aromatic heterocycles. The highest BCUT2D eigenvalue weighted by atomic mass is 31.2. The maximum atomic E-state index is 13.2. The summed E-state index contributed by atoms with van der Waals surface area (Å²) in [4.78, 5) is 57.2. The number of rotatable bonds is 10. The van der Waals surface area contributed by atoms with Crippen molar-refractivity contribution in [1.29, 1.82) is 0 Å². The smallest absolute Gasteiger partial charge is 0.337 e. The van der Waals surface area contributed by atoms with E-state index < -0.39 is 59.6 Å². The van der Waals surface area contributed by atoms with Gasteiger partial charge in [0.05, 0.1) is 18.8 Å². The van der Waals surface area contributed by atoms with E-state index in [2.05, 4.69) is 9.30 Å². The van der Waals surface area contributed by atoms with Crippen molar-refractivity contribution in [2.75, 3.05) is 6.61 Å². The van der Waals surface area contributed by atoms with Gasteiger partial charge in [-0.15, -0.1) is 0 Å². The number of aliphatic hydroxyl groups is 2. The molecule has 0 saturated carbocycles. The molecule has 1 saturated heterocycles. The summed E-state index contributed by atoms with van der Waals surface area (Å²) >= 11 is 0. The number of aliphatic hydroxyl groups excluding tert-OH is 2. The SMILES string of the molecule is C/C=C\C=C(/C)C1=NC(Cn2c(=O)ccn(C3OC(COP(O)OP(O)O)C(O)C3O)c2=O)=CCC1.CC. The normalized spacial score (nSPS) is 24.7. The highest BCUT2D eigenvalue weighted by molar-refractivity contribution is 7.54. The molecule has 0 aliphatic carbocycles. The molecule has 5 N–H and O–H groups in total. The minimum atomic E-state index is -2.85. The molecule has 15 heteroatoms. The van der Waals surface area contributed by atoms with Crippen molar-refractivity contribution in [3.63, 3.8) is 0 Å². The molecule has 0 radical (unpaired) electrons. The van der Waals surface area contributed by atoms with E-state index in [1.807, 2.05) is 52.0 Å². The first kappa shape index (κ1) is 32.3. The van der Waals surface area contributed by atoms with E-state index in [0.717, 1.165) is 39.1 Å². The van der Waals surface area contributed by atoms with E-state index in [-0.39, 0.29) is 6.54 Å². The highest BCUT2D eigenvalue weighted by Crippen LogP contribution is 2.46. The quantitative estimate of drug-likeness (QED) is 0.203. The summed E-state index contributed by atoms with van der Waals surface area (Å²) < 4.78 is 16.7. The van der Waals surface area contributed by atoms with E-state index in [9.17, 15) is 24.7 Å². The Hall–Kier alpha value is -1.89. The Morgan fingerprint density at radius 2 is 1.95 bits per heavy atom. The first-order chi connectivity index (χ1) is 18.1. The zero-order valence-electron chi connectivity index (χ0n) is 21.6. The third-order valence-electron chi connectivity index (χ3n) is 5.55. The molecule has 5 atom stereocenters.